The quantitative estimate of drug-likeness (QED) is 0.458. The van der Waals surface area contributed by atoms with Gasteiger partial charge in [-0.1, -0.05) is 19.1 Å². The van der Waals surface area contributed by atoms with Crippen molar-refractivity contribution < 1.29 is 4.39 Å². The number of nitrogens with one attached hydrogen (secondary N) is 1. The van der Waals surface area contributed by atoms with Crippen LogP contribution in [0.25, 0.3) is 0 Å². The van der Waals surface area contributed by atoms with Gasteiger partial charge >= 0.3 is 0 Å². The first-order valence-electron chi connectivity index (χ1n) is 4.40. The Bertz CT molecular complexity index is 328. The van der Waals surface area contributed by atoms with Gasteiger partial charge in [0.2, 0.25) is 0 Å². The first kappa shape index (κ1) is 11.0. The topological polar surface area (TPSA) is 49.9 Å². The van der Waals surface area contributed by atoms with Crippen molar-refractivity contribution in [3.63, 3.8) is 0 Å². The molecule has 0 heterocycles. The van der Waals surface area contributed by atoms with Gasteiger partial charge in [-0.05, 0) is 18.6 Å². The fraction of sp³-hybridized carbons (Fsp3) is 0.300. The summed E-state index contributed by atoms with van der Waals surface area (Å²) in [6.45, 7) is 1.93. The fourth-order valence-corrected chi connectivity index (χ4v) is 2.00. The maximum atomic E-state index is 13.2. The standard InChI is InChI=1S/C10H13FN2S/c1-2-8(10(12)13)14-9-6-4-3-5-7(9)11/h3-6,8H,2H2,1H3,(H3,12,13). The lowest BCUT2D eigenvalue weighted by atomic mass is 10.3. The molecule has 0 aromatic heterocycles. The molecule has 3 N–H and O–H groups in total. The summed E-state index contributed by atoms with van der Waals surface area (Å²) >= 11 is 1.30. The van der Waals surface area contributed by atoms with Crippen molar-refractivity contribution in [2.75, 3.05) is 0 Å². The summed E-state index contributed by atoms with van der Waals surface area (Å²) in [4.78, 5) is 0.551. The predicted molar refractivity (Wildman–Crippen MR) is 58.3 cm³/mol. The molecule has 0 fully saturated rings. The molecule has 1 aromatic carbocycles. The van der Waals surface area contributed by atoms with E-state index < -0.39 is 0 Å². The number of amidine groups is 1. The van der Waals surface area contributed by atoms with Gasteiger partial charge < -0.3 is 5.73 Å². The summed E-state index contributed by atoms with van der Waals surface area (Å²) in [5, 5.41) is 7.17. The SMILES string of the molecule is CCC(Sc1ccccc1F)C(=N)N. The molecule has 0 aliphatic carbocycles. The minimum absolute atomic E-state index is 0.0979. The molecule has 0 bridgehead atoms. The Morgan fingerprint density at radius 2 is 2.21 bits per heavy atom. The largest absolute Gasteiger partial charge is 0.387 e. The van der Waals surface area contributed by atoms with Crippen LogP contribution in [0.2, 0.25) is 0 Å². The molecular weight excluding hydrogens is 199 g/mol. The molecule has 0 spiro atoms. The van der Waals surface area contributed by atoms with Crippen LogP contribution in [0.1, 0.15) is 13.3 Å². The third kappa shape index (κ3) is 2.73. The molecule has 1 rings (SSSR count). The maximum absolute atomic E-state index is 13.2. The minimum Gasteiger partial charge on any atom is -0.387 e. The number of benzene rings is 1. The number of thioether (sulfide) groups is 1. The van der Waals surface area contributed by atoms with E-state index in [2.05, 4.69) is 0 Å². The zero-order valence-electron chi connectivity index (χ0n) is 7.96. The van der Waals surface area contributed by atoms with Crippen molar-refractivity contribution in [3.05, 3.63) is 30.1 Å². The second-order valence-electron chi connectivity index (χ2n) is 2.90. The molecule has 0 aliphatic heterocycles. The molecule has 0 radical (unpaired) electrons. The van der Waals surface area contributed by atoms with E-state index in [0.717, 1.165) is 6.42 Å². The van der Waals surface area contributed by atoms with Crippen LogP contribution in [0.3, 0.4) is 0 Å². The van der Waals surface area contributed by atoms with Gasteiger partial charge in [0, 0.05) is 4.90 Å². The molecule has 14 heavy (non-hydrogen) atoms. The molecule has 1 atom stereocenters. The van der Waals surface area contributed by atoms with Gasteiger partial charge in [-0.3, -0.25) is 5.41 Å². The molecule has 1 aromatic rings. The predicted octanol–water partition coefficient (Wildman–Crippen LogP) is 2.63. The first-order valence-corrected chi connectivity index (χ1v) is 5.28. The lowest BCUT2D eigenvalue weighted by Gasteiger charge is -2.12. The first-order chi connectivity index (χ1) is 6.65. The Morgan fingerprint density at radius 1 is 1.57 bits per heavy atom. The van der Waals surface area contributed by atoms with E-state index in [1.807, 2.05) is 6.92 Å². The van der Waals surface area contributed by atoms with Crippen molar-refractivity contribution in [1.29, 1.82) is 5.41 Å². The summed E-state index contributed by atoms with van der Waals surface area (Å²) < 4.78 is 13.2. The molecule has 0 amide bonds. The molecule has 1 unspecified atom stereocenters. The van der Waals surface area contributed by atoms with Gasteiger partial charge in [0.15, 0.2) is 0 Å². The minimum atomic E-state index is -0.253. The smallest absolute Gasteiger partial charge is 0.136 e. The van der Waals surface area contributed by atoms with E-state index in [1.54, 1.807) is 18.2 Å². The third-order valence-electron chi connectivity index (χ3n) is 1.82. The summed E-state index contributed by atoms with van der Waals surface area (Å²) in [7, 11) is 0. The summed E-state index contributed by atoms with van der Waals surface area (Å²) in [5.74, 6) is -0.155. The molecule has 0 saturated carbocycles. The Balaban J connectivity index is 2.77. The Morgan fingerprint density at radius 3 is 2.71 bits per heavy atom. The summed E-state index contributed by atoms with van der Waals surface area (Å²) in [5.41, 5.74) is 5.39. The van der Waals surface area contributed by atoms with E-state index >= 15 is 0 Å². The van der Waals surface area contributed by atoms with Crippen molar-refractivity contribution in [2.45, 2.75) is 23.5 Å². The number of halogens is 1. The number of hydrogen-bond donors (Lipinski definition) is 2. The monoisotopic (exact) mass is 212 g/mol. The van der Waals surface area contributed by atoms with Crippen LogP contribution < -0.4 is 5.73 Å². The van der Waals surface area contributed by atoms with Crippen LogP contribution in [0, 0.1) is 11.2 Å². The number of hydrogen-bond acceptors (Lipinski definition) is 2. The highest BCUT2D eigenvalue weighted by molar-refractivity contribution is 8.00. The van der Waals surface area contributed by atoms with Crippen LogP contribution in [0.4, 0.5) is 4.39 Å². The highest BCUT2D eigenvalue weighted by atomic mass is 32.2. The fourth-order valence-electron chi connectivity index (χ4n) is 1.06. The van der Waals surface area contributed by atoms with Crippen molar-refractivity contribution in [3.8, 4) is 0 Å². The normalized spacial score (nSPS) is 12.4. The van der Waals surface area contributed by atoms with Gasteiger partial charge in [0.1, 0.15) is 11.7 Å². The van der Waals surface area contributed by atoms with E-state index in [1.165, 1.54) is 17.8 Å². The van der Waals surface area contributed by atoms with Gasteiger partial charge in [0.25, 0.3) is 0 Å². The Hall–Kier alpha value is -1.03. The average Bonchev–Trinajstić information content (AvgIpc) is 2.16. The second-order valence-corrected chi connectivity index (χ2v) is 4.15. The zero-order valence-corrected chi connectivity index (χ0v) is 8.77. The second kappa shape index (κ2) is 5.00. The maximum Gasteiger partial charge on any atom is 0.136 e. The van der Waals surface area contributed by atoms with Crippen LogP contribution in [0.15, 0.2) is 29.2 Å². The van der Waals surface area contributed by atoms with Crippen molar-refractivity contribution in [1.82, 2.24) is 0 Å². The lowest BCUT2D eigenvalue weighted by molar-refractivity contribution is 0.602. The van der Waals surface area contributed by atoms with E-state index in [0.29, 0.717) is 4.90 Å². The van der Waals surface area contributed by atoms with Crippen LogP contribution in [0.5, 0.6) is 0 Å². The number of nitrogens with two attached hydrogens (primary N) is 1. The molecule has 0 aliphatic rings. The number of rotatable bonds is 4. The summed E-state index contributed by atoms with van der Waals surface area (Å²) in [6, 6.07) is 6.53. The summed E-state index contributed by atoms with van der Waals surface area (Å²) in [6.07, 6.45) is 0.730. The molecule has 0 saturated heterocycles. The van der Waals surface area contributed by atoms with Gasteiger partial charge in [-0.25, -0.2) is 4.39 Å². The van der Waals surface area contributed by atoms with E-state index in [9.17, 15) is 4.39 Å². The molecule has 4 heteroatoms. The van der Waals surface area contributed by atoms with Crippen molar-refractivity contribution in [2.24, 2.45) is 5.73 Å². The van der Waals surface area contributed by atoms with E-state index in [4.69, 9.17) is 11.1 Å². The van der Waals surface area contributed by atoms with Gasteiger partial charge in [0.05, 0.1) is 5.25 Å². The van der Waals surface area contributed by atoms with Crippen LogP contribution in [-0.2, 0) is 0 Å². The van der Waals surface area contributed by atoms with Gasteiger partial charge in [-0.15, -0.1) is 11.8 Å². The van der Waals surface area contributed by atoms with Crippen molar-refractivity contribution >= 4 is 17.6 Å². The zero-order chi connectivity index (χ0) is 10.6. The van der Waals surface area contributed by atoms with E-state index in [-0.39, 0.29) is 16.9 Å². The van der Waals surface area contributed by atoms with Gasteiger partial charge in [-0.2, -0.15) is 0 Å². The lowest BCUT2D eigenvalue weighted by Crippen LogP contribution is -2.24. The third-order valence-corrected chi connectivity index (χ3v) is 3.28. The van der Waals surface area contributed by atoms with Crippen LogP contribution in [-0.4, -0.2) is 11.1 Å². The van der Waals surface area contributed by atoms with Crippen LogP contribution >= 0.6 is 11.8 Å². The Labute approximate surface area is 87.2 Å². The Kier molecular flexibility index (Phi) is 3.95. The average molecular weight is 212 g/mol. The highest BCUT2D eigenvalue weighted by Gasteiger charge is 2.13. The highest BCUT2D eigenvalue weighted by Crippen LogP contribution is 2.27. The molecule has 76 valence electrons. The molecule has 2 nitrogen and oxygen atoms in total. The molecular formula is C10H13FN2S.